The van der Waals surface area contributed by atoms with Crippen molar-refractivity contribution in [2.75, 3.05) is 12.4 Å². The van der Waals surface area contributed by atoms with E-state index in [1.807, 2.05) is 4.98 Å². The van der Waals surface area contributed by atoms with Gasteiger partial charge in [0.15, 0.2) is 11.6 Å². The summed E-state index contributed by atoms with van der Waals surface area (Å²) < 4.78 is 4.98. The predicted molar refractivity (Wildman–Crippen MR) is 72.1 cm³/mol. The molecule has 0 aliphatic carbocycles. The van der Waals surface area contributed by atoms with Gasteiger partial charge in [-0.2, -0.15) is 0 Å². The molecule has 0 aromatic carbocycles. The Morgan fingerprint density at radius 3 is 2.90 bits per heavy atom. The minimum Gasteiger partial charge on any atom is -0.491 e. The Morgan fingerprint density at radius 1 is 1.38 bits per heavy atom. The van der Waals surface area contributed by atoms with E-state index in [1.54, 1.807) is 0 Å². The molecule has 2 aromatic rings. The van der Waals surface area contributed by atoms with E-state index >= 15 is 0 Å². The van der Waals surface area contributed by atoms with Gasteiger partial charge in [-0.3, -0.25) is 15.1 Å². The molecule has 0 unspecified atom stereocenters. The SMILES string of the molecule is COc1cncnc1NC(=O)NCc1cc(=O)[nH]c(=O)[nH]1. The third-order valence-corrected chi connectivity index (χ3v) is 2.39. The van der Waals surface area contributed by atoms with E-state index in [2.05, 4.69) is 25.6 Å². The summed E-state index contributed by atoms with van der Waals surface area (Å²) in [5, 5.41) is 4.92. The second-order valence-corrected chi connectivity index (χ2v) is 3.86. The zero-order valence-corrected chi connectivity index (χ0v) is 11.0. The fraction of sp³-hybridized carbons (Fsp3) is 0.182. The van der Waals surface area contributed by atoms with Gasteiger partial charge < -0.3 is 15.0 Å². The number of aromatic nitrogens is 4. The molecule has 2 amide bonds. The van der Waals surface area contributed by atoms with Gasteiger partial charge in [0.1, 0.15) is 6.33 Å². The zero-order valence-electron chi connectivity index (χ0n) is 11.0. The normalized spacial score (nSPS) is 9.95. The molecule has 0 fully saturated rings. The molecule has 10 nitrogen and oxygen atoms in total. The quantitative estimate of drug-likeness (QED) is 0.580. The number of aromatic amines is 2. The lowest BCUT2D eigenvalue weighted by molar-refractivity contribution is 0.251. The van der Waals surface area contributed by atoms with Gasteiger partial charge in [0, 0.05) is 11.8 Å². The molecule has 2 heterocycles. The molecular formula is C11H12N6O4. The summed E-state index contributed by atoms with van der Waals surface area (Å²) in [6.45, 7) is -0.0294. The highest BCUT2D eigenvalue weighted by Crippen LogP contribution is 2.18. The third-order valence-electron chi connectivity index (χ3n) is 2.39. The number of amides is 2. The van der Waals surface area contributed by atoms with Gasteiger partial charge in [0.05, 0.1) is 19.9 Å². The fourth-order valence-electron chi connectivity index (χ4n) is 1.50. The van der Waals surface area contributed by atoms with Gasteiger partial charge >= 0.3 is 11.7 Å². The number of hydrogen-bond donors (Lipinski definition) is 4. The highest BCUT2D eigenvalue weighted by Gasteiger charge is 2.08. The van der Waals surface area contributed by atoms with Gasteiger partial charge in [0.25, 0.3) is 5.56 Å². The van der Waals surface area contributed by atoms with Crippen LogP contribution in [-0.2, 0) is 6.54 Å². The van der Waals surface area contributed by atoms with Crippen molar-refractivity contribution in [3.05, 3.63) is 45.1 Å². The summed E-state index contributed by atoms with van der Waals surface area (Å²) in [7, 11) is 1.42. The molecule has 2 rings (SSSR count). The first-order valence-electron chi connectivity index (χ1n) is 5.80. The maximum Gasteiger partial charge on any atom is 0.325 e. The van der Waals surface area contributed by atoms with Gasteiger partial charge in [-0.05, 0) is 0 Å². The van der Waals surface area contributed by atoms with E-state index in [1.165, 1.54) is 25.7 Å². The van der Waals surface area contributed by atoms with Crippen LogP contribution in [0.5, 0.6) is 5.75 Å². The molecule has 0 bridgehead atoms. The third kappa shape index (κ3) is 3.89. The Labute approximate surface area is 117 Å². The largest absolute Gasteiger partial charge is 0.491 e. The van der Waals surface area contributed by atoms with Crippen LogP contribution in [0, 0.1) is 0 Å². The van der Waals surface area contributed by atoms with Crippen LogP contribution in [-0.4, -0.2) is 33.1 Å². The predicted octanol–water partition coefficient (Wildman–Crippen LogP) is -0.816. The first-order valence-corrected chi connectivity index (χ1v) is 5.80. The number of nitrogens with zero attached hydrogens (tertiary/aromatic N) is 2. The molecule has 0 radical (unpaired) electrons. The van der Waals surface area contributed by atoms with Crippen LogP contribution in [0.25, 0.3) is 0 Å². The Hall–Kier alpha value is -3.17. The number of nitrogens with one attached hydrogen (secondary N) is 4. The summed E-state index contributed by atoms with van der Waals surface area (Å²) in [6, 6.07) is 0.598. The number of hydrogen-bond acceptors (Lipinski definition) is 6. The van der Waals surface area contributed by atoms with E-state index in [0.29, 0.717) is 5.75 Å². The molecule has 0 spiro atoms. The summed E-state index contributed by atoms with van der Waals surface area (Å²) in [5.74, 6) is 0.501. The van der Waals surface area contributed by atoms with Crippen LogP contribution in [0.1, 0.15) is 5.69 Å². The number of carbonyl (C=O) groups excluding carboxylic acids is 1. The average Bonchev–Trinajstić information content (AvgIpc) is 2.45. The molecule has 0 saturated heterocycles. The second kappa shape index (κ2) is 6.32. The maximum absolute atomic E-state index is 11.7. The lowest BCUT2D eigenvalue weighted by Gasteiger charge is -2.09. The van der Waals surface area contributed by atoms with Gasteiger partial charge in [-0.15, -0.1) is 0 Å². The number of rotatable bonds is 4. The molecule has 10 heteroatoms. The van der Waals surface area contributed by atoms with Crippen LogP contribution in [0.4, 0.5) is 10.6 Å². The first-order chi connectivity index (χ1) is 10.1. The second-order valence-electron chi connectivity index (χ2n) is 3.86. The maximum atomic E-state index is 11.7. The van der Waals surface area contributed by atoms with E-state index in [-0.39, 0.29) is 18.1 Å². The number of anilines is 1. The number of H-pyrrole nitrogens is 2. The van der Waals surface area contributed by atoms with Gasteiger partial charge in [-0.1, -0.05) is 0 Å². The van der Waals surface area contributed by atoms with E-state index in [9.17, 15) is 14.4 Å². The van der Waals surface area contributed by atoms with E-state index in [4.69, 9.17) is 4.74 Å². The topological polar surface area (TPSA) is 142 Å². The van der Waals surface area contributed by atoms with Crippen molar-refractivity contribution in [3.8, 4) is 5.75 Å². The molecule has 4 N–H and O–H groups in total. The summed E-state index contributed by atoms with van der Waals surface area (Å²) in [4.78, 5) is 45.9. The Balaban J connectivity index is 1.99. The minimum absolute atomic E-state index is 0.0294. The molecule has 2 aromatic heterocycles. The van der Waals surface area contributed by atoms with Crippen LogP contribution >= 0.6 is 0 Å². The van der Waals surface area contributed by atoms with Crippen molar-refractivity contribution in [3.63, 3.8) is 0 Å². The minimum atomic E-state index is -0.642. The lowest BCUT2D eigenvalue weighted by atomic mass is 10.4. The van der Waals surface area contributed by atoms with Crippen molar-refractivity contribution in [1.29, 1.82) is 0 Å². The van der Waals surface area contributed by atoms with Gasteiger partial charge in [-0.25, -0.2) is 19.6 Å². The van der Waals surface area contributed by atoms with Crippen LogP contribution < -0.4 is 26.6 Å². The number of carbonyl (C=O) groups is 1. The number of ether oxygens (including phenoxy) is 1. The zero-order chi connectivity index (χ0) is 15.2. The van der Waals surface area contributed by atoms with Crippen LogP contribution in [0.3, 0.4) is 0 Å². The van der Waals surface area contributed by atoms with Gasteiger partial charge in [0.2, 0.25) is 0 Å². The van der Waals surface area contributed by atoms with E-state index < -0.39 is 17.3 Å². The van der Waals surface area contributed by atoms with E-state index in [0.717, 1.165) is 0 Å². The summed E-state index contributed by atoms with van der Waals surface area (Å²) in [5.41, 5.74) is -0.917. The smallest absolute Gasteiger partial charge is 0.325 e. The van der Waals surface area contributed by atoms with Crippen LogP contribution in [0.15, 0.2) is 28.2 Å². The highest BCUT2D eigenvalue weighted by atomic mass is 16.5. The molecule has 0 aliphatic rings. The average molecular weight is 292 g/mol. The first kappa shape index (κ1) is 14.2. The van der Waals surface area contributed by atoms with Crippen molar-refractivity contribution in [2.24, 2.45) is 0 Å². The molecule has 21 heavy (non-hydrogen) atoms. The van der Waals surface area contributed by atoms with Crippen molar-refractivity contribution in [2.45, 2.75) is 6.54 Å². The standard InChI is InChI=1S/C11H12N6O4/c1-21-7-4-12-5-14-9(7)17-10(19)13-3-6-2-8(18)16-11(20)15-6/h2,4-5H,3H2,1H3,(H2,15,16,18,20)(H2,12,13,14,17,19). The van der Waals surface area contributed by atoms with Crippen molar-refractivity contribution >= 4 is 11.8 Å². The number of urea groups is 1. The number of methoxy groups -OCH3 is 1. The molecule has 0 atom stereocenters. The molecule has 0 aliphatic heterocycles. The molecular weight excluding hydrogens is 280 g/mol. The summed E-state index contributed by atoms with van der Waals surface area (Å²) in [6.07, 6.45) is 2.66. The Morgan fingerprint density at radius 2 is 2.19 bits per heavy atom. The Bertz CT molecular complexity index is 724. The monoisotopic (exact) mass is 292 g/mol. The molecule has 0 saturated carbocycles. The van der Waals surface area contributed by atoms with Crippen molar-refractivity contribution in [1.82, 2.24) is 25.3 Å². The lowest BCUT2D eigenvalue weighted by Crippen LogP contribution is -2.31. The highest BCUT2D eigenvalue weighted by molar-refractivity contribution is 5.89. The summed E-state index contributed by atoms with van der Waals surface area (Å²) >= 11 is 0. The molecule has 110 valence electrons. The fourth-order valence-corrected chi connectivity index (χ4v) is 1.50. The van der Waals surface area contributed by atoms with Crippen LogP contribution in [0.2, 0.25) is 0 Å². The Kier molecular flexibility index (Phi) is 4.29. The van der Waals surface area contributed by atoms with Crippen molar-refractivity contribution < 1.29 is 9.53 Å².